The Morgan fingerprint density at radius 2 is 1.43 bits per heavy atom. The van der Waals surface area contributed by atoms with Crippen molar-refractivity contribution in [2.24, 2.45) is 0 Å². The van der Waals surface area contributed by atoms with E-state index in [0.717, 1.165) is 4.90 Å². The second kappa shape index (κ2) is 13.1. The number of amides is 3. The van der Waals surface area contributed by atoms with Crippen molar-refractivity contribution in [1.29, 1.82) is 0 Å². The molecule has 0 saturated carbocycles. The minimum Gasteiger partial charge on any atom is -0.480 e. The third-order valence-corrected chi connectivity index (χ3v) is 8.76. The van der Waals surface area contributed by atoms with Gasteiger partial charge in [0.25, 0.3) is 5.91 Å². The lowest BCUT2D eigenvalue weighted by Gasteiger charge is -2.23. The van der Waals surface area contributed by atoms with Gasteiger partial charge in [-0.05, 0) is 54.1 Å². The quantitative estimate of drug-likeness (QED) is 0.211. The smallest absolute Gasteiger partial charge is 0.326 e. The van der Waals surface area contributed by atoms with Crippen LogP contribution in [-0.4, -0.2) is 44.5 Å². The molecule has 1 unspecified atom stereocenters. The topological polar surface area (TPSA) is 133 Å². The number of nitrogens with one attached hydrogen (secondary N) is 2. The number of anilines is 2. The average molecular weight is 627 g/mol. The molecule has 0 bridgehead atoms. The van der Waals surface area contributed by atoms with Gasteiger partial charge in [-0.25, -0.2) is 18.0 Å². The van der Waals surface area contributed by atoms with Crippen molar-refractivity contribution in [1.82, 2.24) is 5.32 Å². The van der Waals surface area contributed by atoms with Gasteiger partial charge in [-0.3, -0.25) is 9.69 Å². The summed E-state index contributed by atoms with van der Waals surface area (Å²) >= 11 is 12.2. The highest BCUT2D eigenvalue weighted by Crippen LogP contribution is 2.30. The Morgan fingerprint density at radius 3 is 2.05 bits per heavy atom. The van der Waals surface area contributed by atoms with Crippen LogP contribution in [0.25, 0.3) is 0 Å². The fourth-order valence-corrected chi connectivity index (χ4v) is 6.19. The summed E-state index contributed by atoms with van der Waals surface area (Å²) in [6, 6.07) is 22.7. The molecule has 0 heterocycles. The van der Waals surface area contributed by atoms with Crippen molar-refractivity contribution in [3.8, 4) is 0 Å². The predicted octanol–water partition coefficient (Wildman–Crippen LogP) is 5.92. The second-order valence-electron chi connectivity index (χ2n) is 9.14. The molecule has 0 saturated heterocycles. The van der Waals surface area contributed by atoms with Crippen LogP contribution in [0, 0.1) is 0 Å². The van der Waals surface area contributed by atoms with Gasteiger partial charge >= 0.3 is 12.0 Å². The predicted molar refractivity (Wildman–Crippen MR) is 161 cm³/mol. The number of carbonyl (C=O) groups is 3. The molecule has 0 aliphatic rings. The van der Waals surface area contributed by atoms with Crippen molar-refractivity contribution in [2.75, 3.05) is 17.3 Å². The number of benzene rings is 4. The Kier molecular flexibility index (Phi) is 9.52. The normalized spacial score (nSPS) is 11.8. The molecule has 0 radical (unpaired) electrons. The molecule has 42 heavy (non-hydrogen) atoms. The monoisotopic (exact) mass is 625 g/mol. The fraction of sp³-hybridized carbons (Fsp3) is 0.100. The summed E-state index contributed by atoms with van der Waals surface area (Å²) in [4.78, 5) is 38.8. The second-order valence-corrected chi connectivity index (χ2v) is 11.9. The van der Waals surface area contributed by atoms with Gasteiger partial charge in [0.1, 0.15) is 6.04 Å². The van der Waals surface area contributed by atoms with E-state index in [9.17, 15) is 27.9 Å². The Hall–Kier alpha value is -4.38. The van der Waals surface area contributed by atoms with Crippen LogP contribution in [0.3, 0.4) is 0 Å². The SMILES string of the molecule is CN(C(=O)NC(Cc1ccc(NC(=O)c2c(Cl)cccc2Cl)cc1)C(=O)O)c1ccccc1S(=O)(=O)c1ccccc1. The van der Waals surface area contributed by atoms with Crippen molar-refractivity contribution in [2.45, 2.75) is 22.3 Å². The van der Waals surface area contributed by atoms with E-state index >= 15 is 0 Å². The number of carboxylic acid groups (broad SMARTS) is 1. The molecule has 3 amide bonds. The molecule has 1 atom stereocenters. The number of nitrogens with zero attached hydrogens (tertiary/aromatic N) is 1. The van der Waals surface area contributed by atoms with E-state index in [4.69, 9.17) is 23.2 Å². The third-order valence-electron chi connectivity index (χ3n) is 6.31. The Balaban J connectivity index is 1.47. The Labute approximate surface area is 252 Å². The van der Waals surface area contributed by atoms with Gasteiger partial charge in [0.05, 0.1) is 31.1 Å². The van der Waals surface area contributed by atoms with Crippen LogP contribution in [0.1, 0.15) is 15.9 Å². The summed E-state index contributed by atoms with van der Waals surface area (Å²) in [7, 11) is -2.60. The molecule has 4 aromatic rings. The van der Waals surface area contributed by atoms with E-state index in [2.05, 4.69) is 10.6 Å². The van der Waals surface area contributed by atoms with Crippen LogP contribution in [0.5, 0.6) is 0 Å². The Bertz CT molecular complexity index is 1710. The van der Waals surface area contributed by atoms with Crippen LogP contribution >= 0.6 is 23.2 Å². The van der Waals surface area contributed by atoms with Gasteiger partial charge in [-0.1, -0.05) is 71.7 Å². The molecule has 3 N–H and O–H groups in total. The number of urea groups is 1. The fourth-order valence-electron chi connectivity index (χ4n) is 4.11. The third kappa shape index (κ3) is 6.91. The molecule has 9 nitrogen and oxygen atoms in total. The van der Waals surface area contributed by atoms with Crippen LogP contribution in [0.15, 0.2) is 107 Å². The van der Waals surface area contributed by atoms with Gasteiger partial charge in [0.15, 0.2) is 0 Å². The largest absolute Gasteiger partial charge is 0.480 e. The maximum atomic E-state index is 13.3. The van der Waals surface area contributed by atoms with E-state index < -0.39 is 33.8 Å². The maximum absolute atomic E-state index is 13.3. The highest BCUT2D eigenvalue weighted by Gasteiger charge is 2.27. The summed E-state index contributed by atoms with van der Waals surface area (Å²) < 4.78 is 26.5. The van der Waals surface area contributed by atoms with Gasteiger partial charge in [0.2, 0.25) is 9.84 Å². The number of halogens is 2. The molecule has 216 valence electrons. The first-order valence-corrected chi connectivity index (χ1v) is 14.7. The summed E-state index contributed by atoms with van der Waals surface area (Å²) in [5.41, 5.74) is 1.19. The number of sulfone groups is 1. The molecule has 0 aliphatic carbocycles. The van der Waals surface area contributed by atoms with Crippen LogP contribution in [0.4, 0.5) is 16.2 Å². The summed E-state index contributed by atoms with van der Waals surface area (Å²) in [5.74, 6) is -1.79. The summed E-state index contributed by atoms with van der Waals surface area (Å²) in [6.07, 6.45) is -0.0799. The molecule has 12 heteroatoms. The molecular formula is C30H25Cl2N3O6S. The van der Waals surface area contributed by atoms with Crippen molar-refractivity contribution >= 4 is 62.3 Å². The first-order chi connectivity index (χ1) is 20.0. The zero-order chi connectivity index (χ0) is 30.4. The number of rotatable bonds is 9. The van der Waals surface area contributed by atoms with E-state index in [1.807, 2.05) is 0 Å². The zero-order valence-corrected chi connectivity index (χ0v) is 24.5. The van der Waals surface area contributed by atoms with E-state index in [-0.39, 0.29) is 37.5 Å². The average Bonchev–Trinajstić information content (AvgIpc) is 2.97. The molecule has 0 aliphatic heterocycles. The minimum atomic E-state index is -3.96. The highest BCUT2D eigenvalue weighted by atomic mass is 35.5. The lowest BCUT2D eigenvalue weighted by Crippen LogP contribution is -2.48. The van der Waals surface area contributed by atoms with Crippen molar-refractivity contribution in [3.63, 3.8) is 0 Å². The van der Waals surface area contributed by atoms with Gasteiger partial charge in [-0.15, -0.1) is 0 Å². The van der Waals surface area contributed by atoms with Crippen LogP contribution in [-0.2, 0) is 21.1 Å². The number of hydrogen-bond acceptors (Lipinski definition) is 5. The summed E-state index contributed by atoms with van der Waals surface area (Å²) in [6.45, 7) is 0. The van der Waals surface area contributed by atoms with Gasteiger partial charge < -0.3 is 15.7 Å². The molecular weight excluding hydrogens is 601 g/mol. The lowest BCUT2D eigenvalue weighted by molar-refractivity contribution is -0.139. The number of hydrogen-bond donors (Lipinski definition) is 3. The Morgan fingerprint density at radius 1 is 0.833 bits per heavy atom. The molecule has 0 spiro atoms. The maximum Gasteiger partial charge on any atom is 0.326 e. The van der Waals surface area contributed by atoms with Crippen LogP contribution in [0.2, 0.25) is 10.0 Å². The van der Waals surface area contributed by atoms with Crippen molar-refractivity contribution in [3.05, 3.63) is 118 Å². The number of carboxylic acids is 1. The van der Waals surface area contributed by atoms with E-state index in [0.29, 0.717) is 11.3 Å². The minimum absolute atomic E-state index is 0.0595. The molecule has 0 aromatic heterocycles. The van der Waals surface area contributed by atoms with E-state index in [1.54, 1.807) is 72.8 Å². The summed E-state index contributed by atoms with van der Waals surface area (Å²) in [5, 5.41) is 15.3. The molecule has 4 rings (SSSR count). The first-order valence-electron chi connectivity index (χ1n) is 12.5. The zero-order valence-electron chi connectivity index (χ0n) is 22.1. The number of carbonyl (C=O) groups excluding carboxylic acids is 2. The van der Waals surface area contributed by atoms with Gasteiger partial charge in [0, 0.05) is 19.2 Å². The van der Waals surface area contributed by atoms with Crippen LogP contribution < -0.4 is 15.5 Å². The first kappa shape index (κ1) is 30.6. The van der Waals surface area contributed by atoms with Crippen molar-refractivity contribution < 1.29 is 27.9 Å². The number of para-hydroxylation sites is 1. The highest BCUT2D eigenvalue weighted by molar-refractivity contribution is 7.91. The molecule has 0 fully saturated rings. The number of aliphatic carboxylic acids is 1. The standard InChI is InChI=1S/C30H25Cl2N3O6S/c1-35(25-12-5-6-13-26(25)42(40,41)21-8-3-2-4-9-21)30(39)34-24(29(37)38)18-19-14-16-20(17-15-19)33-28(36)27-22(31)10-7-11-23(27)32/h2-17,24H,18H2,1H3,(H,33,36)(H,34,39)(H,37,38). The molecule has 4 aromatic carbocycles. The lowest BCUT2D eigenvalue weighted by atomic mass is 10.1. The van der Waals surface area contributed by atoms with E-state index in [1.165, 1.54) is 31.3 Å². The van der Waals surface area contributed by atoms with Gasteiger partial charge in [-0.2, -0.15) is 0 Å².